The second kappa shape index (κ2) is 7.40. The fourth-order valence-electron chi connectivity index (χ4n) is 2.12. The highest BCUT2D eigenvalue weighted by atomic mass is 79.9. The first-order valence-electron chi connectivity index (χ1n) is 6.79. The molecule has 0 fully saturated rings. The lowest BCUT2D eigenvalue weighted by Crippen LogP contribution is -2.24. The van der Waals surface area contributed by atoms with Crippen molar-refractivity contribution in [3.05, 3.63) is 37.2 Å². The summed E-state index contributed by atoms with van der Waals surface area (Å²) in [5, 5.41) is 6.67. The van der Waals surface area contributed by atoms with Crippen LogP contribution in [0, 0.1) is 0 Å². The molecule has 0 saturated heterocycles. The summed E-state index contributed by atoms with van der Waals surface area (Å²) in [5.41, 5.74) is 7.39. The molecule has 3 aromatic rings. The van der Waals surface area contributed by atoms with Gasteiger partial charge < -0.3 is 11.1 Å². The SMILES string of the molecule is N[C@@H](CF)Cc1sc2c(NCc3nccs3)cc(Cl)nc2c1Br. The molecule has 0 bridgehead atoms. The number of nitrogens with two attached hydrogens (primary N) is 1. The number of anilines is 1. The Bertz CT molecular complexity index is 809. The molecule has 3 aromatic heterocycles. The molecule has 4 nitrogen and oxygen atoms in total. The standard InChI is InChI=1S/C14H13BrClFN4S2/c15-12-9(3-7(18)5-17)23-14-8(4-10(16)21-13(12)14)20-6-11-19-1-2-22-11/h1-2,4,7H,3,5-6,18H2,(H,20,21)/t7-/m1/s1. The van der Waals surface area contributed by atoms with E-state index >= 15 is 0 Å². The Balaban J connectivity index is 1.95. The third kappa shape index (κ3) is 3.83. The summed E-state index contributed by atoms with van der Waals surface area (Å²) >= 11 is 12.8. The number of hydrogen-bond acceptors (Lipinski definition) is 6. The van der Waals surface area contributed by atoms with Crippen LogP contribution in [0.15, 0.2) is 22.1 Å². The van der Waals surface area contributed by atoms with E-state index in [2.05, 4.69) is 31.2 Å². The summed E-state index contributed by atoms with van der Waals surface area (Å²) in [4.78, 5) is 9.60. The fraction of sp³-hybridized carbons (Fsp3) is 0.286. The highest BCUT2D eigenvalue weighted by molar-refractivity contribution is 9.10. The van der Waals surface area contributed by atoms with Crippen LogP contribution in [0.2, 0.25) is 5.15 Å². The first kappa shape index (κ1) is 17.0. The van der Waals surface area contributed by atoms with Gasteiger partial charge in [0.05, 0.1) is 26.9 Å². The molecule has 0 radical (unpaired) electrons. The van der Waals surface area contributed by atoms with Gasteiger partial charge >= 0.3 is 0 Å². The van der Waals surface area contributed by atoms with Gasteiger partial charge in [0.25, 0.3) is 0 Å². The zero-order valence-corrected chi connectivity index (χ0v) is 15.8. The van der Waals surface area contributed by atoms with E-state index in [1.165, 1.54) is 0 Å². The number of nitrogens with zero attached hydrogens (tertiary/aromatic N) is 2. The third-order valence-corrected chi connectivity index (χ3v) is 6.50. The first-order chi connectivity index (χ1) is 11.1. The number of nitrogens with one attached hydrogen (secondary N) is 1. The second-order valence-corrected chi connectivity index (χ2v) is 8.17. The van der Waals surface area contributed by atoms with Crippen LogP contribution < -0.4 is 11.1 Å². The van der Waals surface area contributed by atoms with Crippen molar-refractivity contribution >= 4 is 66.1 Å². The van der Waals surface area contributed by atoms with Crippen LogP contribution in [-0.2, 0) is 13.0 Å². The van der Waals surface area contributed by atoms with Gasteiger partial charge in [0, 0.05) is 35.0 Å². The van der Waals surface area contributed by atoms with Crippen molar-refractivity contribution < 1.29 is 4.39 Å². The predicted molar refractivity (Wildman–Crippen MR) is 99.4 cm³/mol. The molecule has 3 N–H and O–H groups in total. The summed E-state index contributed by atoms with van der Waals surface area (Å²) in [6.45, 7) is 0.0615. The maximum Gasteiger partial charge on any atom is 0.131 e. The summed E-state index contributed by atoms with van der Waals surface area (Å²) in [7, 11) is 0. The quantitative estimate of drug-likeness (QED) is 0.555. The average molecular weight is 436 g/mol. The van der Waals surface area contributed by atoms with Crippen LogP contribution in [0.1, 0.15) is 9.88 Å². The van der Waals surface area contributed by atoms with Crippen molar-refractivity contribution in [2.75, 3.05) is 12.0 Å². The maximum atomic E-state index is 12.7. The molecule has 0 aromatic carbocycles. The highest BCUT2D eigenvalue weighted by Gasteiger charge is 2.17. The van der Waals surface area contributed by atoms with Gasteiger partial charge in [-0.05, 0) is 15.9 Å². The Morgan fingerprint density at radius 1 is 1.48 bits per heavy atom. The van der Waals surface area contributed by atoms with Crippen LogP contribution >= 0.6 is 50.2 Å². The topological polar surface area (TPSA) is 63.8 Å². The number of aromatic nitrogens is 2. The van der Waals surface area contributed by atoms with E-state index in [-0.39, 0.29) is 0 Å². The minimum atomic E-state index is -0.552. The maximum absolute atomic E-state index is 12.7. The number of rotatable bonds is 6. The largest absolute Gasteiger partial charge is 0.377 e. The molecule has 122 valence electrons. The molecule has 3 rings (SSSR count). The van der Waals surface area contributed by atoms with Crippen molar-refractivity contribution in [2.45, 2.75) is 19.0 Å². The van der Waals surface area contributed by atoms with E-state index in [0.29, 0.717) is 18.1 Å². The molecule has 0 spiro atoms. The van der Waals surface area contributed by atoms with Gasteiger partial charge in [-0.3, -0.25) is 0 Å². The molecular formula is C14H13BrClFN4S2. The number of thiazole rings is 1. The number of halogens is 3. The van der Waals surface area contributed by atoms with E-state index in [4.69, 9.17) is 17.3 Å². The van der Waals surface area contributed by atoms with Crippen LogP contribution in [0.3, 0.4) is 0 Å². The molecule has 0 amide bonds. The van der Waals surface area contributed by atoms with Gasteiger partial charge in [-0.25, -0.2) is 14.4 Å². The monoisotopic (exact) mass is 434 g/mol. The van der Waals surface area contributed by atoms with Gasteiger partial charge in [0.15, 0.2) is 0 Å². The summed E-state index contributed by atoms with van der Waals surface area (Å²) in [5.74, 6) is 0. The van der Waals surface area contributed by atoms with E-state index < -0.39 is 12.7 Å². The summed E-state index contributed by atoms with van der Waals surface area (Å²) in [6, 6.07) is 1.28. The fourth-order valence-corrected chi connectivity index (χ4v) is 4.91. The lowest BCUT2D eigenvalue weighted by Gasteiger charge is -2.06. The molecular weight excluding hydrogens is 423 g/mol. The Morgan fingerprint density at radius 2 is 2.30 bits per heavy atom. The van der Waals surface area contributed by atoms with Crippen molar-refractivity contribution in [2.24, 2.45) is 5.73 Å². The summed E-state index contributed by atoms with van der Waals surface area (Å²) < 4.78 is 14.5. The van der Waals surface area contributed by atoms with Gasteiger partial charge in [-0.15, -0.1) is 22.7 Å². The smallest absolute Gasteiger partial charge is 0.131 e. The van der Waals surface area contributed by atoms with E-state index in [1.807, 2.05) is 5.38 Å². The Morgan fingerprint density at radius 3 is 3.00 bits per heavy atom. The van der Waals surface area contributed by atoms with E-state index in [0.717, 1.165) is 30.3 Å². The van der Waals surface area contributed by atoms with Crippen LogP contribution in [0.4, 0.5) is 10.1 Å². The van der Waals surface area contributed by atoms with Crippen LogP contribution in [0.25, 0.3) is 10.2 Å². The summed E-state index contributed by atoms with van der Waals surface area (Å²) in [6.07, 6.45) is 2.23. The number of alkyl halides is 1. The molecule has 23 heavy (non-hydrogen) atoms. The van der Waals surface area contributed by atoms with Gasteiger partial charge in [0.2, 0.25) is 0 Å². The van der Waals surface area contributed by atoms with E-state index in [1.54, 1.807) is 34.9 Å². The molecule has 0 aliphatic carbocycles. The van der Waals surface area contributed by atoms with Crippen molar-refractivity contribution in [3.8, 4) is 0 Å². The van der Waals surface area contributed by atoms with Crippen molar-refractivity contribution in [1.29, 1.82) is 0 Å². The molecule has 1 atom stereocenters. The highest BCUT2D eigenvalue weighted by Crippen LogP contribution is 2.40. The minimum Gasteiger partial charge on any atom is -0.377 e. The molecule has 9 heteroatoms. The Hall–Kier alpha value is -0.800. The van der Waals surface area contributed by atoms with E-state index in [9.17, 15) is 4.39 Å². The number of thiophene rings is 1. The van der Waals surface area contributed by atoms with Crippen LogP contribution in [-0.4, -0.2) is 22.7 Å². The molecule has 0 aliphatic rings. The molecule has 0 saturated carbocycles. The normalized spacial score (nSPS) is 12.7. The lowest BCUT2D eigenvalue weighted by atomic mass is 10.2. The van der Waals surface area contributed by atoms with Gasteiger partial charge in [-0.1, -0.05) is 11.6 Å². The number of pyridine rings is 1. The predicted octanol–water partition coefficient (Wildman–Crippen LogP) is 4.62. The number of hydrogen-bond donors (Lipinski definition) is 2. The second-order valence-electron chi connectivity index (χ2n) is 4.91. The van der Waals surface area contributed by atoms with Crippen LogP contribution in [0.5, 0.6) is 0 Å². The van der Waals surface area contributed by atoms with Gasteiger partial charge in [0.1, 0.15) is 16.8 Å². The average Bonchev–Trinajstić information content (AvgIpc) is 3.15. The van der Waals surface area contributed by atoms with Crippen molar-refractivity contribution in [1.82, 2.24) is 9.97 Å². The number of fused-ring (bicyclic) bond motifs is 1. The zero-order chi connectivity index (χ0) is 16.4. The van der Waals surface area contributed by atoms with Crippen molar-refractivity contribution in [3.63, 3.8) is 0 Å². The first-order valence-corrected chi connectivity index (χ1v) is 9.66. The Labute approximate surface area is 154 Å². The molecule has 3 heterocycles. The minimum absolute atomic E-state index is 0.402. The van der Waals surface area contributed by atoms with Gasteiger partial charge in [-0.2, -0.15) is 0 Å². The third-order valence-electron chi connectivity index (χ3n) is 3.18. The Kier molecular flexibility index (Phi) is 5.48. The lowest BCUT2D eigenvalue weighted by molar-refractivity contribution is 0.428. The zero-order valence-electron chi connectivity index (χ0n) is 11.9. The molecule has 0 aliphatic heterocycles. The molecule has 0 unspecified atom stereocenters.